The third kappa shape index (κ3) is 6.66. The molecule has 10 heteroatoms. The van der Waals surface area contributed by atoms with Gasteiger partial charge in [-0.3, -0.25) is 23.8 Å². The summed E-state index contributed by atoms with van der Waals surface area (Å²) in [6, 6.07) is 17.2. The molecule has 2 aromatic carbocycles. The molecule has 0 atom stereocenters. The summed E-state index contributed by atoms with van der Waals surface area (Å²) in [5.74, 6) is -0.681. The molecule has 42 heavy (non-hydrogen) atoms. The van der Waals surface area contributed by atoms with Gasteiger partial charge in [0.15, 0.2) is 0 Å². The van der Waals surface area contributed by atoms with E-state index in [-0.39, 0.29) is 24.2 Å². The van der Waals surface area contributed by atoms with E-state index >= 15 is 0 Å². The molecule has 2 aromatic heterocycles. The van der Waals surface area contributed by atoms with E-state index in [4.69, 9.17) is 4.74 Å². The predicted molar refractivity (Wildman–Crippen MR) is 157 cm³/mol. The minimum absolute atomic E-state index is 0.155. The Morgan fingerprint density at radius 1 is 0.929 bits per heavy atom. The average molecular weight is 576 g/mol. The van der Waals surface area contributed by atoms with E-state index < -0.39 is 17.3 Å². The van der Waals surface area contributed by atoms with E-state index in [1.165, 1.54) is 27.3 Å². The van der Waals surface area contributed by atoms with Crippen molar-refractivity contribution >= 4 is 0 Å². The lowest BCUT2D eigenvalue weighted by atomic mass is 10.0. The van der Waals surface area contributed by atoms with Gasteiger partial charge in [0.05, 0.1) is 19.2 Å². The summed E-state index contributed by atoms with van der Waals surface area (Å²) in [5.41, 5.74) is 1.96. The van der Waals surface area contributed by atoms with Crippen LogP contribution in [0.4, 0.5) is 8.78 Å². The van der Waals surface area contributed by atoms with Crippen molar-refractivity contribution < 1.29 is 13.5 Å². The molecular formula is C32H35F2N5O3. The van der Waals surface area contributed by atoms with Gasteiger partial charge >= 0.3 is 5.69 Å². The Morgan fingerprint density at radius 2 is 1.69 bits per heavy atom. The second-order valence-corrected chi connectivity index (χ2v) is 10.6. The molecule has 0 saturated carbocycles. The Hall–Kier alpha value is -4.15. The molecule has 8 nitrogen and oxygen atoms in total. The summed E-state index contributed by atoms with van der Waals surface area (Å²) in [5, 5.41) is 0. The number of nitrogens with zero attached hydrogens (tertiary/aromatic N) is 5. The predicted octanol–water partition coefficient (Wildman–Crippen LogP) is 3.47. The molecule has 0 aliphatic carbocycles. The fourth-order valence-corrected chi connectivity index (χ4v) is 5.37. The fourth-order valence-electron chi connectivity index (χ4n) is 5.37. The second-order valence-electron chi connectivity index (χ2n) is 10.6. The largest absolute Gasteiger partial charge is 0.497 e. The van der Waals surface area contributed by atoms with Crippen LogP contribution in [0.5, 0.6) is 5.75 Å². The standard InChI is InChI=1S/C32H35F2N5O3/c1-36(16-13-24-6-3-4-15-35-24)18-19-38-31(40)27-21-37(20-23-9-11-25(42-2)12-10-23)17-14-30(27)39(32(38)41)22-26-28(33)7-5-8-29(26)34/h3-12,15H,13-14,16-22H2,1-2H3. The van der Waals surface area contributed by atoms with Gasteiger partial charge in [-0.15, -0.1) is 0 Å². The van der Waals surface area contributed by atoms with Gasteiger partial charge in [-0.1, -0.05) is 24.3 Å². The van der Waals surface area contributed by atoms with Crippen LogP contribution in [0.15, 0.2) is 76.4 Å². The minimum atomic E-state index is -0.723. The molecule has 0 spiro atoms. The summed E-state index contributed by atoms with van der Waals surface area (Å²) in [6.07, 6.45) is 2.89. The summed E-state index contributed by atoms with van der Waals surface area (Å²) in [7, 11) is 3.54. The van der Waals surface area contributed by atoms with Gasteiger partial charge in [0.25, 0.3) is 5.56 Å². The van der Waals surface area contributed by atoms with Crippen LogP contribution in [-0.2, 0) is 39.0 Å². The summed E-state index contributed by atoms with van der Waals surface area (Å²) in [4.78, 5) is 36.1. The van der Waals surface area contributed by atoms with Crippen molar-refractivity contribution in [1.82, 2.24) is 23.9 Å². The SMILES string of the molecule is COc1ccc(CN2CCc3c(c(=O)n(CCN(C)CCc4ccccn4)c(=O)n3Cc3c(F)cccc3F)C2)cc1. The van der Waals surface area contributed by atoms with Gasteiger partial charge in [-0.25, -0.2) is 13.6 Å². The fraction of sp³-hybridized carbons (Fsp3) is 0.344. The lowest BCUT2D eigenvalue weighted by Crippen LogP contribution is -2.49. The van der Waals surface area contributed by atoms with Gasteiger partial charge in [0.2, 0.25) is 0 Å². The summed E-state index contributed by atoms with van der Waals surface area (Å²) < 4.78 is 37.2. The summed E-state index contributed by atoms with van der Waals surface area (Å²) >= 11 is 0. The molecule has 1 aliphatic rings. The number of likely N-dealkylation sites (N-methyl/N-ethyl adjacent to an activating group) is 1. The van der Waals surface area contributed by atoms with Gasteiger partial charge in [-0.05, 0) is 49.0 Å². The quantitative estimate of drug-likeness (QED) is 0.273. The van der Waals surface area contributed by atoms with Crippen LogP contribution in [0.2, 0.25) is 0 Å². The number of pyridine rings is 1. The van der Waals surface area contributed by atoms with Gasteiger partial charge in [0.1, 0.15) is 17.4 Å². The van der Waals surface area contributed by atoms with Crippen LogP contribution in [0.1, 0.15) is 28.1 Å². The van der Waals surface area contributed by atoms with E-state index in [1.807, 2.05) is 54.4 Å². The van der Waals surface area contributed by atoms with E-state index in [9.17, 15) is 18.4 Å². The first-order valence-corrected chi connectivity index (χ1v) is 14.1. The van der Waals surface area contributed by atoms with Crippen LogP contribution in [0.3, 0.4) is 0 Å². The van der Waals surface area contributed by atoms with Crippen LogP contribution < -0.4 is 16.0 Å². The minimum Gasteiger partial charge on any atom is -0.497 e. The number of aromatic nitrogens is 3. The molecular weight excluding hydrogens is 540 g/mol. The number of methoxy groups -OCH3 is 1. The van der Waals surface area contributed by atoms with E-state index in [2.05, 4.69) is 9.88 Å². The maximum absolute atomic E-state index is 14.7. The molecule has 0 saturated heterocycles. The van der Waals surface area contributed by atoms with Crippen LogP contribution in [-0.4, -0.2) is 57.7 Å². The topological polar surface area (TPSA) is 72.6 Å². The third-order valence-electron chi connectivity index (χ3n) is 7.81. The zero-order chi connectivity index (χ0) is 29.6. The maximum atomic E-state index is 14.7. The maximum Gasteiger partial charge on any atom is 0.331 e. The first kappa shape index (κ1) is 29.3. The zero-order valence-electron chi connectivity index (χ0n) is 23.9. The van der Waals surface area contributed by atoms with Gasteiger partial charge in [-0.2, -0.15) is 0 Å². The highest BCUT2D eigenvalue weighted by Gasteiger charge is 2.26. The Bertz CT molecular complexity index is 1620. The molecule has 0 N–H and O–H groups in total. The number of hydrogen-bond donors (Lipinski definition) is 0. The molecule has 1 aliphatic heterocycles. The highest BCUT2D eigenvalue weighted by atomic mass is 19.1. The molecule has 0 amide bonds. The number of ether oxygens (including phenoxy) is 1. The normalized spacial score (nSPS) is 13.4. The smallest absolute Gasteiger partial charge is 0.331 e. The molecule has 0 unspecified atom stereocenters. The number of benzene rings is 2. The lowest BCUT2D eigenvalue weighted by molar-refractivity contribution is 0.235. The molecule has 4 aromatic rings. The van der Waals surface area contributed by atoms with Crippen molar-refractivity contribution in [1.29, 1.82) is 0 Å². The zero-order valence-corrected chi connectivity index (χ0v) is 23.9. The van der Waals surface area contributed by atoms with E-state index in [1.54, 1.807) is 13.3 Å². The third-order valence-corrected chi connectivity index (χ3v) is 7.81. The molecule has 0 bridgehead atoms. The average Bonchev–Trinajstić information content (AvgIpc) is 3.00. The molecule has 0 radical (unpaired) electrons. The molecule has 3 heterocycles. The molecule has 0 fully saturated rings. The number of hydrogen-bond acceptors (Lipinski definition) is 6. The molecule has 220 valence electrons. The van der Waals surface area contributed by atoms with Crippen molar-refractivity contribution in [3.05, 3.63) is 127 Å². The molecule has 5 rings (SSSR count). The monoisotopic (exact) mass is 575 g/mol. The van der Waals surface area contributed by atoms with E-state index in [0.29, 0.717) is 50.4 Å². The van der Waals surface area contributed by atoms with Crippen molar-refractivity contribution in [2.24, 2.45) is 0 Å². The second kappa shape index (κ2) is 13.2. The summed E-state index contributed by atoms with van der Waals surface area (Å²) in [6.45, 7) is 2.55. The Labute approximate surface area is 243 Å². The van der Waals surface area contributed by atoms with Crippen LogP contribution in [0, 0.1) is 11.6 Å². The van der Waals surface area contributed by atoms with Crippen LogP contribution in [0.25, 0.3) is 0 Å². The Balaban J connectivity index is 1.43. The number of rotatable bonds is 11. The van der Waals surface area contributed by atoms with Crippen molar-refractivity contribution in [3.63, 3.8) is 0 Å². The lowest BCUT2D eigenvalue weighted by Gasteiger charge is -2.31. The van der Waals surface area contributed by atoms with Crippen molar-refractivity contribution in [3.8, 4) is 5.75 Å². The van der Waals surface area contributed by atoms with Gasteiger partial charge < -0.3 is 9.64 Å². The van der Waals surface area contributed by atoms with Crippen molar-refractivity contribution in [2.75, 3.05) is 33.8 Å². The Morgan fingerprint density at radius 3 is 2.38 bits per heavy atom. The highest BCUT2D eigenvalue weighted by Crippen LogP contribution is 2.21. The first-order valence-electron chi connectivity index (χ1n) is 14.1. The Kier molecular flexibility index (Phi) is 9.24. The van der Waals surface area contributed by atoms with Crippen molar-refractivity contribution in [2.45, 2.75) is 39.0 Å². The first-order chi connectivity index (χ1) is 20.3. The van der Waals surface area contributed by atoms with Crippen LogP contribution >= 0.6 is 0 Å². The number of fused-ring (bicyclic) bond motifs is 1. The van der Waals surface area contributed by atoms with Gasteiger partial charge in [0, 0.05) is 75.3 Å². The van der Waals surface area contributed by atoms with E-state index in [0.717, 1.165) is 23.4 Å². The number of halogens is 2. The highest BCUT2D eigenvalue weighted by molar-refractivity contribution is 5.29.